The molecule has 0 aromatic heterocycles. The van der Waals surface area contributed by atoms with Crippen LogP contribution in [0.4, 0.5) is 0 Å². The van der Waals surface area contributed by atoms with Crippen LogP contribution in [-0.2, 0) is 14.3 Å². The lowest BCUT2D eigenvalue weighted by Gasteiger charge is -2.57. The summed E-state index contributed by atoms with van der Waals surface area (Å²) in [5.74, 6) is 2.44. The third kappa shape index (κ3) is 4.89. The van der Waals surface area contributed by atoms with Crippen LogP contribution < -0.4 is 14.8 Å². The Bertz CT molecular complexity index is 826. The molecule has 1 amide bonds. The fourth-order valence-corrected chi connectivity index (χ4v) is 6.15. The van der Waals surface area contributed by atoms with E-state index in [1.165, 1.54) is 19.3 Å². The molecule has 4 saturated carbocycles. The second kappa shape index (κ2) is 8.93. The van der Waals surface area contributed by atoms with Crippen molar-refractivity contribution in [3.63, 3.8) is 0 Å². The first kappa shape index (κ1) is 21.7. The first-order valence-electron chi connectivity index (χ1n) is 11.3. The lowest BCUT2D eigenvalue weighted by atomic mass is 9.53. The molecular formula is C25H33NO5. The van der Waals surface area contributed by atoms with E-state index in [1.54, 1.807) is 20.1 Å². The van der Waals surface area contributed by atoms with Gasteiger partial charge in [-0.05, 0) is 87.8 Å². The molecule has 4 bridgehead atoms. The minimum absolute atomic E-state index is 0.0922. The molecule has 1 aromatic carbocycles. The minimum Gasteiger partial charge on any atom is -0.493 e. The molecule has 4 fully saturated rings. The molecule has 4 aliphatic carbocycles. The molecule has 4 aliphatic rings. The lowest BCUT2D eigenvalue weighted by Crippen LogP contribution is -2.61. The van der Waals surface area contributed by atoms with E-state index in [9.17, 15) is 9.59 Å². The van der Waals surface area contributed by atoms with Crippen LogP contribution in [0.15, 0.2) is 24.3 Å². The molecule has 1 atom stereocenters. The Kier molecular flexibility index (Phi) is 6.26. The van der Waals surface area contributed by atoms with Crippen molar-refractivity contribution in [2.24, 2.45) is 17.8 Å². The molecule has 168 valence electrons. The van der Waals surface area contributed by atoms with E-state index < -0.39 is 12.1 Å². The molecule has 0 radical (unpaired) electrons. The van der Waals surface area contributed by atoms with Gasteiger partial charge < -0.3 is 19.5 Å². The highest BCUT2D eigenvalue weighted by Crippen LogP contribution is 2.55. The summed E-state index contributed by atoms with van der Waals surface area (Å²) in [7, 11) is 1.55. The Balaban J connectivity index is 1.28. The van der Waals surface area contributed by atoms with E-state index in [0.717, 1.165) is 42.6 Å². The van der Waals surface area contributed by atoms with Crippen LogP contribution in [0.3, 0.4) is 0 Å². The minimum atomic E-state index is -0.844. The molecule has 0 spiro atoms. The van der Waals surface area contributed by atoms with Gasteiger partial charge in [-0.2, -0.15) is 0 Å². The summed E-state index contributed by atoms with van der Waals surface area (Å²) >= 11 is 0. The van der Waals surface area contributed by atoms with Gasteiger partial charge >= 0.3 is 5.97 Å². The van der Waals surface area contributed by atoms with Gasteiger partial charge in [-0.15, -0.1) is 0 Å². The quantitative estimate of drug-likeness (QED) is 0.632. The van der Waals surface area contributed by atoms with Crippen LogP contribution in [0, 0.1) is 17.8 Å². The number of hydrogen-bond acceptors (Lipinski definition) is 5. The third-order valence-corrected chi connectivity index (χ3v) is 7.00. The number of benzene rings is 1. The largest absolute Gasteiger partial charge is 0.493 e. The maximum absolute atomic E-state index is 12.8. The zero-order valence-electron chi connectivity index (χ0n) is 18.7. The molecule has 1 aromatic rings. The molecule has 0 aliphatic heterocycles. The number of carbonyl (C=O) groups excluding carboxylic acids is 2. The zero-order valence-corrected chi connectivity index (χ0v) is 18.7. The second-order valence-corrected chi connectivity index (χ2v) is 9.52. The van der Waals surface area contributed by atoms with E-state index in [0.29, 0.717) is 11.5 Å². The van der Waals surface area contributed by atoms with Crippen molar-refractivity contribution >= 4 is 18.0 Å². The van der Waals surface area contributed by atoms with Crippen LogP contribution in [0.2, 0.25) is 0 Å². The molecular weight excluding hydrogens is 394 g/mol. The highest BCUT2D eigenvalue weighted by Gasteiger charge is 2.51. The number of hydrogen-bond donors (Lipinski definition) is 1. The Labute approximate surface area is 184 Å². The monoisotopic (exact) mass is 427 g/mol. The SMILES string of the molecule is C/C=C/c1ccc(OCC(=O)O[C@H](C)C(=O)NC23CC4CC(CC(C4)C2)C3)c(OC)c1. The van der Waals surface area contributed by atoms with Crippen molar-refractivity contribution in [1.82, 2.24) is 5.32 Å². The second-order valence-electron chi connectivity index (χ2n) is 9.52. The maximum atomic E-state index is 12.8. The van der Waals surface area contributed by atoms with Crippen molar-refractivity contribution in [2.75, 3.05) is 13.7 Å². The number of allylic oxidation sites excluding steroid dienone is 1. The molecule has 0 unspecified atom stereocenters. The standard InChI is InChI=1S/C25H33NO5/c1-4-5-17-6-7-21(22(11-17)29-3)30-15-23(27)31-16(2)24(28)26-25-12-18-8-19(13-25)10-20(9-18)14-25/h4-7,11,16,18-20H,8-10,12-15H2,1-3H3,(H,26,28)/b5-4+/t16-,18?,19?,20?,25?/m1/s1. The Morgan fingerprint density at radius 2 is 1.77 bits per heavy atom. The van der Waals surface area contributed by atoms with Crippen molar-refractivity contribution in [2.45, 2.75) is 64.0 Å². The Hall–Kier alpha value is -2.50. The highest BCUT2D eigenvalue weighted by molar-refractivity contribution is 5.84. The number of rotatable bonds is 8. The summed E-state index contributed by atoms with van der Waals surface area (Å²) < 4.78 is 16.3. The average molecular weight is 428 g/mol. The fraction of sp³-hybridized carbons (Fsp3) is 0.600. The molecule has 6 heteroatoms. The van der Waals surface area contributed by atoms with Gasteiger partial charge in [0.2, 0.25) is 0 Å². The summed E-state index contributed by atoms with van der Waals surface area (Å²) in [5.41, 5.74) is 0.884. The number of nitrogens with one attached hydrogen (secondary N) is 1. The van der Waals surface area contributed by atoms with Gasteiger partial charge in [-0.1, -0.05) is 18.2 Å². The molecule has 5 rings (SSSR count). The molecule has 1 N–H and O–H groups in total. The van der Waals surface area contributed by atoms with Crippen LogP contribution in [0.1, 0.15) is 57.9 Å². The number of amides is 1. The zero-order chi connectivity index (χ0) is 22.0. The van der Waals surface area contributed by atoms with Gasteiger partial charge in [-0.25, -0.2) is 4.79 Å². The third-order valence-electron chi connectivity index (χ3n) is 7.00. The van der Waals surface area contributed by atoms with Gasteiger partial charge in [0.15, 0.2) is 24.2 Å². The first-order valence-corrected chi connectivity index (χ1v) is 11.3. The van der Waals surface area contributed by atoms with Gasteiger partial charge in [-0.3, -0.25) is 4.79 Å². The van der Waals surface area contributed by atoms with Crippen molar-refractivity contribution < 1.29 is 23.8 Å². The number of esters is 1. The maximum Gasteiger partial charge on any atom is 0.344 e. The molecule has 31 heavy (non-hydrogen) atoms. The Morgan fingerprint density at radius 3 is 2.35 bits per heavy atom. The smallest absolute Gasteiger partial charge is 0.344 e. The van der Waals surface area contributed by atoms with Crippen LogP contribution in [0.5, 0.6) is 11.5 Å². The number of carbonyl (C=O) groups is 2. The van der Waals surface area contributed by atoms with Gasteiger partial charge in [0.25, 0.3) is 5.91 Å². The predicted octanol–water partition coefficient (Wildman–Crippen LogP) is 4.12. The highest BCUT2D eigenvalue weighted by atomic mass is 16.6. The number of ether oxygens (including phenoxy) is 3. The van der Waals surface area contributed by atoms with Crippen molar-refractivity contribution in [1.29, 1.82) is 0 Å². The van der Waals surface area contributed by atoms with E-state index >= 15 is 0 Å². The summed E-state index contributed by atoms with van der Waals surface area (Å²) in [6.07, 6.45) is 10.2. The topological polar surface area (TPSA) is 73.9 Å². The van der Waals surface area contributed by atoms with Gasteiger partial charge in [0.1, 0.15) is 0 Å². The normalized spacial score (nSPS) is 29.6. The summed E-state index contributed by atoms with van der Waals surface area (Å²) in [4.78, 5) is 25.1. The van der Waals surface area contributed by atoms with E-state index in [2.05, 4.69) is 5.32 Å². The van der Waals surface area contributed by atoms with Crippen LogP contribution in [-0.4, -0.2) is 37.2 Å². The molecule has 6 nitrogen and oxygen atoms in total. The summed E-state index contributed by atoms with van der Waals surface area (Å²) in [6.45, 7) is 3.28. The lowest BCUT2D eigenvalue weighted by molar-refractivity contribution is -0.158. The van der Waals surface area contributed by atoms with Crippen molar-refractivity contribution in [3.8, 4) is 11.5 Å². The first-order chi connectivity index (χ1) is 14.9. The summed E-state index contributed by atoms with van der Waals surface area (Å²) in [5, 5.41) is 3.26. The Morgan fingerprint density at radius 1 is 1.13 bits per heavy atom. The predicted molar refractivity (Wildman–Crippen MR) is 118 cm³/mol. The van der Waals surface area contributed by atoms with Gasteiger partial charge in [0.05, 0.1) is 7.11 Å². The van der Waals surface area contributed by atoms with Crippen LogP contribution >= 0.6 is 0 Å². The molecule has 0 saturated heterocycles. The molecule has 0 heterocycles. The van der Waals surface area contributed by atoms with E-state index in [1.807, 2.05) is 31.2 Å². The van der Waals surface area contributed by atoms with Crippen LogP contribution in [0.25, 0.3) is 6.08 Å². The van der Waals surface area contributed by atoms with Crippen molar-refractivity contribution in [3.05, 3.63) is 29.8 Å². The average Bonchev–Trinajstić information content (AvgIpc) is 2.71. The van der Waals surface area contributed by atoms with E-state index in [4.69, 9.17) is 14.2 Å². The fourth-order valence-electron chi connectivity index (χ4n) is 6.15. The number of methoxy groups -OCH3 is 1. The van der Waals surface area contributed by atoms with Gasteiger partial charge in [0, 0.05) is 5.54 Å². The van der Waals surface area contributed by atoms with E-state index in [-0.39, 0.29) is 18.1 Å². The summed E-state index contributed by atoms with van der Waals surface area (Å²) in [6, 6.07) is 5.47.